The molecule has 1 aliphatic heterocycles. The number of hydrogen-bond donors (Lipinski definition) is 4. The van der Waals surface area contributed by atoms with Crippen LogP contribution >= 0.6 is 0 Å². The first-order valence-electron chi connectivity index (χ1n) is 10.5. The number of aromatic nitrogens is 4. The average molecular weight is 450 g/mol. The Morgan fingerprint density at radius 1 is 1.28 bits per heavy atom. The normalized spacial score (nSPS) is 24.0. The second-order valence-electron chi connectivity index (χ2n) is 8.57. The lowest BCUT2D eigenvalue weighted by atomic mass is 10.0. The van der Waals surface area contributed by atoms with Crippen molar-refractivity contribution in [2.45, 2.75) is 57.7 Å². The summed E-state index contributed by atoms with van der Waals surface area (Å²) in [4.78, 5) is 39.1. The van der Waals surface area contributed by atoms with Crippen molar-refractivity contribution in [2.75, 3.05) is 25.6 Å². The van der Waals surface area contributed by atoms with Crippen LogP contribution in [0.1, 0.15) is 33.4 Å². The first kappa shape index (κ1) is 23.8. The van der Waals surface area contributed by atoms with Gasteiger partial charge in [-0.1, -0.05) is 13.8 Å². The monoisotopic (exact) mass is 449 g/mol. The van der Waals surface area contributed by atoms with Gasteiger partial charge in [-0.25, -0.2) is 15.0 Å². The van der Waals surface area contributed by atoms with Gasteiger partial charge in [-0.2, -0.15) is 0 Å². The summed E-state index contributed by atoms with van der Waals surface area (Å²) >= 11 is 0. The van der Waals surface area contributed by atoms with Gasteiger partial charge in [-0.05, 0) is 12.3 Å². The van der Waals surface area contributed by atoms with Crippen molar-refractivity contribution in [3.05, 3.63) is 12.7 Å². The highest BCUT2D eigenvalue weighted by atomic mass is 16.5. The molecule has 2 aromatic rings. The van der Waals surface area contributed by atoms with Gasteiger partial charge >= 0.3 is 0 Å². The Hall–Kier alpha value is -2.83. The standard InChI is InChI=1S/C20H31N7O5/c1-10(2)6-12(24-11(3)29)19(31)25-14-13(7-28)32-20(16(14)30)27-9-23-15-17(26(4)5)21-8-22-18(15)27/h8-10,12-14,16,20,28,30H,6-7H2,1-5H3,(H,24,29)(H,25,31). The number of carbonyl (C=O) groups excluding carboxylic acids is 2. The van der Waals surface area contributed by atoms with Gasteiger partial charge < -0.3 is 30.5 Å². The van der Waals surface area contributed by atoms with Crippen LogP contribution in [0.4, 0.5) is 5.82 Å². The maximum absolute atomic E-state index is 12.9. The number of aliphatic hydroxyl groups is 2. The van der Waals surface area contributed by atoms with Gasteiger partial charge in [0, 0.05) is 21.0 Å². The third kappa shape index (κ3) is 4.81. The molecule has 0 spiro atoms. The van der Waals surface area contributed by atoms with E-state index < -0.39 is 43.0 Å². The third-order valence-corrected chi connectivity index (χ3v) is 5.30. The van der Waals surface area contributed by atoms with E-state index >= 15 is 0 Å². The molecular formula is C20H31N7O5. The quantitative estimate of drug-likeness (QED) is 0.404. The summed E-state index contributed by atoms with van der Waals surface area (Å²) in [7, 11) is 3.66. The minimum Gasteiger partial charge on any atom is -0.394 e. The Morgan fingerprint density at radius 2 is 2.00 bits per heavy atom. The molecule has 12 heteroatoms. The zero-order chi connectivity index (χ0) is 23.6. The van der Waals surface area contributed by atoms with Gasteiger partial charge in [-0.3, -0.25) is 14.2 Å². The molecule has 176 valence electrons. The highest BCUT2D eigenvalue weighted by Gasteiger charge is 2.46. The summed E-state index contributed by atoms with van der Waals surface area (Å²) in [5.41, 5.74) is 0.983. The van der Waals surface area contributed by atoms with E-state index in [0.29, 0.717) is 23.4 Å². The van der Waals surface area contributed by atoms with E-state index in [1.54, 1.807) is 9.47 Å². The first-order chi connectivity index (χ1) is 15.1. The number of nitrogens with one attached hydrogen (secondary N) is 2. The lowest BCUT2D eigenvalue weighted by Gasteiger charge is -2.25. The Bertz CT molecular complexity index is 963. The van der Waals surface area contributed by atoms with Gasteiger partial charge in [0.05, 0.1) is 19.0 Å². The highest BCUT2D eigenvalue weighted by molar-refractivity contribution is 5.87. The smallest absolute Gasteiger partial charge is 0.242 e. The SMILES string of the molecule is CC(=O)NC(CC(C)C)C(=O)NC1C(CO)OC(n2cnc3c(N(C)C)ncnc32)C1O. The van der Waals surface area contributed by atoms with Crippen LogP contribution in [0, 0.1) is 5.92 Å². The molecule has 1 aliphatic rings. The molecule has 2 amide bonds. The van der Waals surface area contributed by atoms with Crippen LogP contribution < -0.4 is 15.5 Å². The minimum atomic E-state index is -1.19. The molecule has 0 saturated carbocycles. The predicted molar refractivity (Wildman–Crippen MR) is 116 cm³/mol. The largest absolute Gasteiger partial charge is 0.394 e. The lowest BCUT2D eigenvalue weighted by molar-refractivity contribution is -0.129. The number of rotatable bonds is 8. The van der Waals surface area contributed by atoms with E-state index in [9.17, 15) is 19.8 Å². The fourth-order valence-electron chi connectivity index (χ4n) is 3.87. The Balaban J connectivity index is 1.85. The maximum Gasteiger partial charge on any atom is 0.242 e. The molecule has 0 bridgehead atoms. The minimum absolute atomic E-state index is 0.159. The second kappa shape index (κ2) is 9.76. The zero-order valence-corrected chi connectivity index (χ0v) is 18.9. The number of anilines is 1. The number of ether oxygens (including phenoxy) is 1. The van der Waals surface area contributed by atoms with Gasteiger partial charge in [-0.15, -0.1) is 0 Å². The van der Waals surface area contributed by atoms with Gasteiger partial charge in [0.1, 0.15) is 24.6 Å². The number of imidazole rings is 1. The Labute approximate surface area is 186 Å². The molecule has 5 atom stereocenters. The van der Waals surface area contributed by atoms with Crippen molar-refractivity contribution in [3.8, 4) is 0 Å². The molecule has 5 unspecified atom stereocenters. The van der Waals surface area contributed by atoms with Crippen molar-refractivity contribution in [1.82, 2.24) is 30.2 Å². The van der Waals surface area contributed by atoms with Crippen LogP contribution in [0.5, 0.6) is 0 Å². The molecule has 0 aromatic carbocycles. The molecule has 0 radical (unpaired) electrons. The number of amides is 2. The number of fused-ring (bicyclic) bond motifs is 1. The summed E-state index contributed by atoms with van der Waals surface area (Å²) in [5, 5.41) is 26.2. The molecule has 3 rings (SSSR count). The molecule has 32 heavy (non-hydrogen) atoms. The molecule has 3 heterocycles. The molecule has 0 aliphatic carbocycles. The van der Waals surface area contributed by atoms with E-state index in [1.165, 1.54) is 19.6 Å². The van der Waals surface area contributed by atoms with Crippen LogP contribution in [0.15, 0.2) is 12.7 Å². The summed E-state index contributed by atoms with van der Waals surface area (Å²) < 4.78 is 7.44. The Kier molecular flexibility index (Phi) is 7.26. The fourth-order valence-corrected chi connectivity index (χ4v) is 3.87. The van der Waals surface area contributed by atoms with Crippen molar-refractivity contribution >= 4 is 28.8 Å². The number of nitrogens with zero attached hydrogens (tertiary/aromatic N) is 5. The van der Waals surface area contributed by atoms with Crippen LogP contribution in [0.2, 0.25) is 0 Å². The molecule has 2 aromatic heterocycles. The molecule has 1 saturated heterocycles. The van der Waals surface area contributed by atoms with Crippen LogP contribution in [0.25, 0.3) is 11.2 Å². The van der Waals surface area contributed by atoms with Gasteiger partial charge in [0.25, 0.3) is 0 Å². The van der Waals surface area contributed by atoms with E-state index in [4.69, 9.17) is 4.74 Å². The summed E-state index contributed by atoms with van der Waals surface area (Å²) in [6.07, 6.45) is 0.323. The third-order valence-electron chi connectivity index (χ3n) is 5.30. The molecule has 12 nitrogen and oxygen atoms in total. The van der Waals surface area contributed by atoms with Crippen LogP contribution in [0.3, 0.4) is 0 Å². The number of carbonyl (C=O) groups is 2. The van der Waals surface area contributed by atoms with E-state index in [2.05, 4.69) is 25.6 Å². The van der Waals surface area contributed by atoms with Crippen molar-refractivity contribution < 1.29 is 24.5 Å². The van der Waals surface area contributed by atoms with Crippen molar-refractivity contribution in [2.24, 2.45) is 5.92 Å². The van der Waals surface area contributed by atoms with Crippen LogP contribution in [-0.2, 0) is 14.3 Å². The van der Waals surface area contributed by atoms with Crippen molar-refractivity contribution in [1.29, 1.82) is 0 Å². The summed E-state index contributed by atoms with van der Waals surface area (Å²) in [6.45, 7) is 4.80. The molecule has 4 N–H and O–H groups in total. The average Bonchev–Trinajstić information content (AvgIpc) is 3.27. The van der Waals surface area contributed by atoms with Gasteiger partial charge in [0.2, 0.25) is 11.8 Å². The summed E-state index contributed by atoms with van der Waals surface area (Å²) in [5.74, 6) is -0.0107. The Morgan fingerprint density at radius 3 is 2.59 bits per heavy atom. The van der Waals surface area contributed by atoms with Crippen molar-refractivity contribution in [3.63, 3.8) is 0 Å². The van der Waals surface area contributed by atoms with Gasteiger partial charge in [0.15, 0.2) is 23.2 Å². The van der Waals surface area contributed by atoms with E-state index in [0.717, 1.165) is 0 Å². The predicted octanol–water partition coefficient (Wildman–Crippen LogP) is -0.821. The number of aliphatic hydroxyl groups excluding tert-OH is 2. The zero-order valence-electron chi connectivity index (χ0n) is 18.9. The highest BCUT2D eigenvalue weighted by Crippen LogP contribution is 2.32. The number of hydrogen-bond acceptors (Lipinski definition) is 9. The lowest BCUT2D eigenvalue weighted by Crippen LogP contribution is -2.55. The topological polar surface area (TPSA) is 155 Å². The van der Waals surface area contributed by atoms with E-state index in [1.807, 2.05) is 27.9 Å². The molecular weight excluding hydrogens is 418 g/mol. The first-order valence-corrected chi connectivity index (χ1v) is 10.5. The van der Waals surface area contributed by atoms with E-state index in [-0.39, 0.29) is 11.8 Å². The molecule has 1 fully saturated rings. The second-order valence-corrected chi connectivity index (χ2v) is 8.57. The fraction of sp³-hybridized carbons (Fsp3) is 0.650. The van der Waals surface area contributed by atoms with Crippen LogP contribution in [-0.4, -0.2) is 86.5 Å². The maximum atomic E-state index is 12.9. The summed E-state index contributed by atoms with van der Waals surface area (Å²) in [6, 6.07) is -1.66.